The molecule has 0 aliphatic heterocycles. The molecule has 0 aromatic heterocycles. The number of hydrogen-bond donors (Lipinski definition) is 0. The molecule has 0 heterocycles. The molecule has 0 saturated carbocycles. The van der Waals surface area contributed by atoms with Crippen molar-refractivity contribution < 1.29 is 19.1 Å². The van der Waals surface area contributed by atoms with E-state index in [9.17, 15) is 14.4 Å². The molecule has 0 bridgehead atoms. The van der Waals surface area contributed by atoms with Crippen molar-refractivity contribution in [1.82, 2.24) is 0 Å². The Kier molecular flexibility index (Phi) is 5.50. The Morgan fingerprint density at radius 1 is 1.33 bits per heavy atom. The van der Waals surface area contributed by atoms with Gasteiger partial charge in [0.1, 0.15) is 0 Å². The van der Waals surface area contributed by atoms with Crippen LogP contribution in [0.2, 0.25) is 5.02 Å². The maximum Gasteiger partial charge on any atom is 0.375 e. The maximum absolute atomic E-state index is 11.8. The Balaban J connectivity index is 2.80. The van der Waals surface area contributed by atoms with Gasteiger partial charge < -0.3 is 4.74 Å². The van der Waals surface area contributed by atoms with Crippen LogP contribution in [0.1, 0.15) is 23.7 Å². The van der Waals surface area contributed by atoms with Crippen LogP contribution in [0.25, 0.3) is 0 Å². The third-order valence-electron chi connectivity index (χ3n) is 2.05. The van der Waals surface area contributed by atoms with Crippen LogP contribution in [0, 0.1) is 0 Å². The zero-order valence-corrected chi connectivity index (χ0v) is 11.9. The number of rotatable bonds is 5. The first-order valence-electron chi connectivity index (χ1n) is 5.14. The molecule has 0 radical (unpaired) electrons. The van der Waals surface area contributed by atoms with Crippen molar-refractivity contribution in [1.29, 1.82) is 0 Å². The second-order valence-corrected chi connectivity index (χ2v) is 4.69. The predicted octanol–water partition coefficient (Wildman–Crippen LogP) is 2.81. The van der Waals surface area contributed by atoms with E-state index in [-0.39, 0.29) is 17.2 Å². The molecule has 18 heavy (non-hydrogen) atoms. The number of Topliss-reactive ketones (excluding diaryl/α,β-unsaturated/α-hetero) is 2. The van der Waals surface area contributed by atoms with Gasteiger partial charge in [0.25, 0.3) is 0 Å². The number of carbonyl (C=O) groups is 3. The number of esters is 1. The maximum atomic E-state index is 11.8. The van der Waals surface area contributed by atoms with Crippen LogP contribution in [0.3, 0.4) is 0 Å². The molecule has 0 N–H and O–H groups in total. The molecule has 0 aliphatic carbocycles. The zero-order chi connectivity index (χ0) is 13.7. The van der Waals surface area contributed by atoms with Gasteiger partial charge >= 0.3 is 5.97 Å². The molecule has 0 aliphatic rings. The van der Waals surface area contributed by atoms with Gasteiger partial charge in [0.05, 0.1) is 18.1 Å². The van der Waals surface area contributed by atoms with Gasteiger partial charge in [0, 0.05) is 10.0 Å². The van der Waals surface area contributed by atoms with Crippen molar-refractivity contribution >= 4 is 45.1 Å². The summed E-state index contributed by atoms with van der Waals surface area (Å²) in [6.07, 6.45) is -0.547. The highest BCUT2D eigenvalue weighted by Gasteiger charge is 2.21. The van der Waals surface area contributed by atoms with E-state index in [1.807, 2.05) is 0 Å². The Morgan fingerprint density at radius 2 is 2.00 bits per heavy atom. The van der Waals surface area contributed by atoms with Crippen LogP contribution < -0.4 is 0 Å². The Morgan fingerprint density at radius 3 is 2.61 bits per heavy atom. The minimum atomic E-state index is -1.00. The molecule has 0 spiro atoms. The molecule has 0 atom stereocenters. The molecule has 96 valence electrons. The molecule has 4 nitrogen and oxygen atoms in total. The summed E-state index contributed by atoms with van der Waals surface area (Å²) in [6, 6.07) is 4.71. The number of benzene rings is 1. The summed E-state index contributed by atoms with van der Waals surface area (Å²) in [5, 5.41) is 0.236. The summed E-state index contributed by atoms with van der Waals surface area (Å²) in [6.45, 7) is 1.68. The molecule has 0 unspecified atom stereocenters. The number of ketones is 2. The Hall–Kier alpha value is -1.20. The average molecular weight is 334 g/mol. The quantitative estimate of drug-likeness (QED) is 0.360. The normalized spacial score (nSPS) is 9.94. The van der Waals surface area contributed by atoms with Gasteiger partial charge in [-0.25, -0.2) is 4.79 Å². The lowest BCUT2D eigenvalue weighted by molar-refractivity contribution is -0.153. The highest BCUT2D eigenvalue weighted by molar-refractivity contribution is 9.10. The van der Waals surface area contributed by atoms with Crippen LogP contribution in [0.15, 0.2) is 22.7 Å². The van der Waals surface area contributed by atoms with Crippen molar-refractivity contribution in [3.05, 3.63) is 33.3 Å². The predicted molar refractivity (Wildman–Crippen MR) is 69.7 cm³/mol. The van der Waals surface area contributed by atoms with E-state index < -0.39 is 24.0 Å². The highest BCUT2D eigenvalue weighted by Crippen LogP contribution is 2.22. The van der Waals surface area contributed by atoms with E-state index in [1.165, 1.54) is 12.1 Å². The molecular formula is C12H10BrClO4. The van der Waals surface area contributed by atoms with Crippen LogP contribution in [0.5, 0.6) is 0 Å². The standard InChI is InChI=1S/C12H10BrClO4/c1-2-18-12(17)11(16)6-10(15)8-5-7(13)3-4-9(8)14/h3-5H,2,6H2,1H3. The lowest BCUT2D eigenvalue weighted by atomic mass is 10.1. The second-order valence-electron chi connectivity index (χ2n) is 3.37. The fourth-order valence-corrected chi connectivity index (χ4v) is 1.82. The highest BCUT2D eigenvalue weighted by atomic mass is 79.9. The molecule has 0 fully saturated rings. The first-order chi connectivity index (χ1) is 8.45. The number of ether oxygens (including phenoxy) is 1. The van der Waals surface area contributed by atoms with E-state index in [0.717, 1.165) is 0 Å². The molecular weight excluding hydrogens is 323 g/mol. The Bertz CT molecular complexity index is 499. The van der Waals surface area contributed by atoms with Gasteiger partial charge in [-0.05, 0) is 25.1 Å². The van der Waals surface area contributed by atoms with Crippen LogP contribution >= 0.6 is 27.5 Å². The summed E-state index contributed by atoms with van der Waals surface area (Å²) in [5.41, 5.74) is 0.198. The summed E-state index contributed by atoms with van der Waals surface area (Å²) in [4.78, 5) is 34.3. The smallest absolute Gasteiger partial charge is 0.375 e. The fraction of sp³-hybridized carbons (Fsp3) is 0.250. The van der Waals surface area contributed by atoms with Gasteiger partial charge in [0.2, 0.25) is 5.78 Å². The fourth-order valence-electron chi connectivity index (χ4n) is 1.24. The van der Waals surface area contributed by atoms with Crippen molar-refractivity contribution in [3.8, 4) is 0 Å². The minimum Gasteiger partial charge on any atom is -0.460 e. The first kappa shape index (κ1) is 14.9. The Labute approximate surface area is 117 Å². The van der Waals surface area contributed by atoms with E-state index in [0.29, 0.717) is 4.47 Å². The third-order valence-corrected chi connectivity index (χ3v) is 2.88. The van der Waals surface area contributed by atoms with E-state index in [1.54, 1.807) is 13.0 Å². The largest absolute Gasteiger partial charge is 0.460 e. The van der Waals surface area contributed by atoms with Gasteiger partial charge in [-0.15, -0.1) is 0 Å². The number of carbonyl (C=O) groups excluding carboxylic acids is 3. The van der Waals surface area contributed by atoms with E-state index in [4.69, 9.17) is 11.6 Å². The van der Waals surface area contributed by atoms with E-state index in [2.05, 4.69) is 20.7 Å². The molecule has 0 amide bonds. The third kappa shape index (κ3) is 3.92. The summed E-state index contributed by atoms with van der Waals surface area (Å²) < 4.78 is 5.18. The van der Waals surface area contributed by atoms with Gasteiger partial charge in [-0.3, -0.25) is 9.59 Å². The second kappa shape index (κ2) is 6.66. The van der Waals surface area contributed by atoms with Crippen molar-refractivity contribution in [2.75, 3.05) is 6.61 Å². The van der Waals surface area contributed by atoms with Crippen LogP contribution in [-0.4, -0.2) is 24.1 Å². The molecule has 1 aromatic carbocycles. The van der Waals surface area contributed by atoms with Crippen molar-refractivity contribution in [3.63, 3.8) is 0 Å². The zero-order valence-electron chi connectivity index (χ0n) is 9.54. The monoisotopic (exact) mass is 332 g/mol. The number of hydrogen-bond acceptors (Lipinski definition) is 4. The molecule has 6 heteroatoms. The van der Waals surface area contributed by atoms with Gasteiger partial charge in [-0.1, -0.05) is 27.5 Å². The SMILES string of the molecule is CCOC(=O)C(=O)CC(=O)c1cc(Br)ccc1Cl. The van der Waals surface area contributed by atoms with Crippen molar-refractivity contribution in [2.45, 2.75) is 13.3 Å². The van der Waals surface area contributed by atoms with Crippen LogP contribution in [0.4, 0.5) is 0 Å². The molecule has 0 saturated heterocycles. The topological polar surface area (TPSA) is 60.4 Å². The van der Waals surface area contributed by atoms with E-state index >= 15 is 0 Å². The molecule has 1 rings (SSSR count). The van der Waals surface area contributed by atoms with Gasteiger partial charge in [-0.2, -0.15) is 0 Å². The summed E-state index contributed by atoms with van der Waals surface area (Å²) >= 11 is 9.04. The first-order valence-corrected chi connectivity index (χ1v) is 6.31. The molecule has 1 aromatic rings. The minimum absolute atomic E-state index is 0.0937. The summed E-state index contributed by atoms with van der Waals surface area (Å²) in [7, 11) is 0. The van der Waals surface area contributed by atoms with Gasteiger partial charge in [0.15, 0.2) is 5.78 Å². The van der Waals surface area contributed by atoms with Crippen molar-refractivity contribution in [2.24, 2.45) is 0 Å². The lowest BCUT2D eigenvalue weighted by Crippen LogP contribution is -2.20. The lowest BCUT2D eigenvalue weighted by Gasteiger charge is -2.04. The van der Waals surface area contributed by atoms with Crippen LogP contribution in [-0.2, 0) is 14.3 Å². The average Bonchev–Trinajstić information content (AvgIpc) is 2.32. The summed E-state index contributed by atoms with van der Waals surface area (Å²) in [5.74, 6) is -2.39. The number of halogens is 2.